The van der Waals surface area contributed by atoms with Gasteiger partial charge in [0.05, 0.1) is 17.1 Å². The molecule has 1 aromatic carbocycles. The molecule has 21 heavy (non-hydrogen) atoms. The lowest BCUT2D eigenvalue weighted by molar-refractivity contribution is 0.103. The summed E-state index contributed by atoms with van der Waals surface area (Å²) in [6, 6.07) is 9.42. The molecule has 1 atom stereocenters. The van der Waals surface area contributed by atoms with Crippen molar-refractivity contribution in [1.29, 1.82) is 0 Å². The zero-order valence-corrected chi connectivity index (χ0v) is 13.5. The van der Waals surface area contributed by atoms with Crippen LogP contribution < -0.4 is 0 Å². The van der Waals surface area contributed by atoms with Crippen LogP contribution in [0.2, 0.25) is 0 Å². The Labute approximate surface area is 127 Å². The van der Waals surface area contributed by atoms with Crippen molar-refractivity contribution in [3.8, 4) is 0 Å². The van der Waals surface area contributed by atoms with Crippen LogP contribution in [0.25, 0.3) is 11.0 Å². The molecular formula is C18H27N3. The highest BCUT2D eigenvalue weighted by atomic mass is 15.2. The predicted octanol–water partition coefficient (Wildman–Crippen LogP) is 4.52. The van der Waals surface area contributed by atoms with E-state index in [0.717, 1.165) is 16.9 Å². The molecule has 1 N–H and O–H groups in total. The van der Waals surface area contributed by atoms with Crippen LogP contribution in [0.3, 0.4) is 0 Å². The minimum absolute atomic E-state index is 0.375. The molecule has 0 radical (unpaired) electrons. The number of para-hydroxylation sites is 2. The third-order valence-corrected chi connectivity index (χ3v) is 4.91. The summed E-state index contributed by atoms with van der Waals surface area (Å²) in [6.07, 6.45) is 6.82. The van der Waals surface area contributed by atoms with Crippen molar-refractivity contribution in [2.75, 3.05) is 7.05 Å². The van der Waals surface area contributed by atoms with Crippen molar-refractivity contribution in [3.05, 3.63) is 30.1 Å². The maximum atomic E-state index is 4.85. The average molecular weight is 285 g/mol. The Balaban J connectivity index is 1.89. The van der Waals surface area contributed by atoms with E-state index in [1.54, 1.807) is 0 Å². The summed E-state index contributed by atoms with van der Waals surface area (Å²) in [5, 5.41) is 0. The summed E-state index contributed by atoms with van der Waals surface area (Å²) in [4.78, 5) is 11.0. The van der Waals surface area contributed by atoms with Gasteiger partial charge in [0.1, 0.15) is 5.82 Å². The first-order chi connectivity index (χ1) is 10.2. The lowest BCUT2D eigenvalue weighted by atomic mass is 9.91. The number of aromatic amines is 1. The first kappa shape index (κ1) is 14.6. The second-order valence-electron chi connectivity index (χ2n) is 6.79. The van der Waals surface area contributed by atoms with Gasteiger partial charge in [-0.2, -0.15) is 0 Å². The zero-order chi connectivity index (χ0) is 14.8. The number of benzene rings is 1. The molecule has 0 bridgehead atoms. The third kappa shape index (κ3) is 2.98. The first-order valence-corrected chi connectivity index (χ1v) is 8.33. The predicted molar refractivity (Wildman–Crippen MR) is 88.3 cm³/mol. The molecule has 1 fully saturated rings. The van der Waals surface area contributed by atoms with E-state index < -0.39 is 0 Å². The number of imidazole rings is 1. The van der Waals surface area contributed by atoms with Gasteiger partial charge in [0.2, 0.25) is 0 Å². The first-order valence-electron chi connectivity index (χ1n) is 8.33. The van der Waals surface area contributed by atoms with E-state index >= 15 is 0 Å². The molecule has 2 aromatic rings. The van der Waals surface area contributed by atoms with Gasteiger partial charge in [0.25, 0.3) is 0 Å². The van der Waals surface area contributed by atoms with E-state index in [1.165, 1.54) is 32.1 Å². The van der Waals surface area contributed by atoms with Gasteiger partial charge in [-0.3, -0.25) is 4.90 Å². The standard InChI is InChI=1S/C18H27N3/c1-13(2)17(21(3)14-9-5-4-6-10-14)18-19-15-11-7-8-12-16(15)20-18/h7-8,11-14,17H,4-6,9-10H2,1-3H3,(H,19,20). The number of rotatable bonds is 4. The van der Waals surface area contributed by atoms with Crippen LogP contribution in [0.15, 0.2) is 24.3 Å². The van der Waals surface area contributed by atoms with E-state index in [4.69, 9.17) is 4.98 Å². The number of nitrogens with zero attached hydrogens (tertiary/aromatic N) is 2. The van der Waals surface area contributed by atoms with Gasteiger partial charge in [-0.15, -0.1) is 0 Å². The van der Waals surface area contributed by atoms with E-state index in [0.29, 0.717) is 18.0 Å². The summed E-state index contributed by atoms with van der Waals surface area (Å²) in [5.41, 5.74) is 2.23. The summed E-state index contributed by atoms with van der Waals surface area (Å²) in [7, 11) is 2.29. The van der Waals surface area contributed by atoms with Crippen LogP contribution in [0.4, 0.5) is 0 Å². The molecule has 3 rings (SSSR count). The van der Waals surface area contributed by atoms with E-state index in [2.05, 4.69) is 55.0 Å². The van der Waals surface area contributed by atoms with Crippen LogP contribution in [0.5, 0.6) is 0 Å². The monoisotopic (exact) mass is 285 g/mol. The molecule has 3 nitrogen and oxygen atoms in total. The van der Waals surface area contributed by atoms with Crippen molar-refractivity contribution in [2.24, 2.45) is 5.92 Å². The Bertz CT molecular complexity index is 548. The number of fused-ring (bicyclic) bond motifs is 1. The highest BCUT2D eigenvalue weighted by molar-refractivity contribution is 5.74. The molecule has 114 valence electrons. The van der Waals surface area contributed by atoms with Gasteiger partial charge in [-0.25, -0.2) is 4.98 Å². The Morgan fingerprint density at radius 3 is 2.52 bits per heavy atom. The van der Waals surface area contributed by atoms with Crippen molar-refractivity contribution in [2.45, 2.75) is 58.0 Å². The second-order valence-corrected chi connectivity index (χ2v) is 6.79. The molecule has 1 saturated carbocycles. The Morgan fingerprint density at radius 2 is 1.86 bits per heavy atom. The Morgan fingerprint density at radius 1 is 1.14 bits per heavy atom. The Hall–Kier alpha value is -1.35. The van der Waals surface area contributed by atoms with Gasteiger partial charge in [0.15, 0.2) is 0 Å². The molecule has 1 unspecified atom stereocenters. The van der Waals surface area contributed by atoms with Gasteiger partial charge >= 0.3 is 0 Å². The van der Waals surface area contributed by atoms with Gasteiger partial charge in [-0.1, -0.05) is 45.2 Å². The maximum absolute atomic E-state index is 4.85. The quantitative estimate of drug-likeness (QED) is 0.895. The molecule has 3 heteroatoms. The number of hydrogen-bond acceptors (Lipinski definition) is 2. The fourth-order valence-corrected chi connectivity index (χ4v) is 3.81. The van der Waals surface area contributed by atoms with Crippen molar-refractivity contribution >= 4 is 11.0 Å². The zero-order valence-electron chi connectivity index (χ0n) is 13.5. The van der Waals surface area contributed by atoms with Crippen molar-refractivity contribution in [3.63, 3.8) is 0 Å². The topological polar surface area (TPSA) is 31.9 Å². The van der Waals surface area contributed by atoms with Crippen molar-refractivity contribution in [1.82, 2.24) is 14.9 Å². The van der Waals surface area contributed by atoms with Crippen LogP contribution in [0.1, 0.15) is 57.8 Å². The lowest BCUT2D eigenvalue weighted by Crippen LogP contribution is -2.39. The highest BCUT2D eigenvalue weighted by Crippen LogP contribution is 2.33. The number of hydrogen-bond donors (Lipinski definition) is 1. The lowest BCUT2D eigenvalue weighted by Gasteiger charge is -2.38. The third-order valence-electron chi connectivity index (χ3n) is 4.91. The van der Waals surface area contributed by atoms with E-state index in [-0.39, 0.29) is 0 Å². The molecule has 0 spiro atoms. The molecule has 1 aromatic heterocycles. The minimum Gasteiger partial charge on any atom is -0.341 e. The summed E-state index contributed by atoms with van der Waals surface area (Å²) >= 11 is 0. The fraction of sp³-hybridized carbons (Fsp3) is 0.611. The molecular weight excluding hydrogens is 258 g/mol. The second kappa shape index (κ2) is 6.18. The summed E-state index contributed by atoms with van der Waals surface area (Å²) in [5.74, 6) is 1.68. The molecule has 0 saturated heterocycles. The molecule has 1 aliphatic rings. The fourth-order valence-electron chi connectivity index (χ4n) is 3.81. The normalized spacial score (nSPS) is 18.7. The molecule has 1 aliphatic carbocycles. The van der Waals surface area contributed by atoms with E-state index in [9.17, 15) is 0 Å². The highest BCUT2D eigenvalue weighted by Gasteiger charge is 2.29. The number of aromatic nitrogens is 2. The summed E-state index contributed by atoms with van der Waals surface area (Å²) in [6.45, 7) is 4.61. The van der Waals surface area contributed by atoms with Gasteiger partial charge in [0, 0.05) is 6.04 Å². The van der Waals surface area contributed by atoms with E-state index in [1.807, 2.05) is 0 Å². The molecule has 0 amide bonds. The van der Waals surface area contributed by atoms with Gasteiger partial charge < -0.3 is 4.98 Å². The average Bonchev–Trinajstić information content (AvgIpc) is 2.91. The minimum atomic E-state index is 0.375. The number of nitrogens with one attached hydrogen (secondary N) is 1. The number of H-pyrrole nitrogens is 1. The van der Waals surface area contributed by atoms with Crippen LogP contribution in [0, 0.1) is 5.92 Å². The van der Waals surface area contributed by atoms with Crippen LogP contribution in [-0.4, -0.2) is 28.0 Å². The van der Waals surface area contributed by atoms with Crippen molar-refractivity contribution < 1.29 is 0 Å². The SMILES string of the molecule is CC(C)C(c1nc2ccccc2[nH]1)N(C)C1CCCCC1. The van der Waals surface area contributed by atoms with Gasteiger partial charge in [-0.05, 0) is 37.9 Å². The largest absolute Gasteiger partial charge is 0.341 e. The molecule has 0 aliphatic heterocycles. The van der Waals surface area contributed by atoms with Crippen LogP contribution in [-0.2, 0) is 0 Å². The maximum Gasteiger partial charge on any atom is 0.124 e. The molecule has 1 heterocycles. The summed E-state index contributed by atoms with van der Waals surface area (Å²) < 4.78 is 0. The smallest absolute Gasteiger partial charge is 0.124 e. The van der Waals surface area contributed by atoms with Crippen LogP contribution >= 0.6 is 0 Å². The Kier molecular flexibility index (Phi) is 4.29.